The number of nitrogens with one attached hydrogen (secondary N) is 1. The molecule has 28 heavy (non-hydrogen) atoms. The van der Waals surface area contributed by atoms with Crippen LogP contribution in [0.2, 0.25) is 0 Å². The minimum Gasteiger partial charge on any atom is -0.366 e. The number of rotatable bonds is 7. The number of benzene rings is 2. The number of nitro benzene ring substituents is 1. The monoisotopic (exact) mass is 381 g/mol. The first-order chi connectivity index (χ1) is 13.6. The van der Waals surface area contributed by atoms with Gasteiger partial charge in [-0.3, -0.25) is 14.9 Å². The summed E-state index contributed by atoms with van der Waals surface area (Å²) in [5.41, 5.74) is 1.90. The standard InChI is InChI=1S/C22H27N3O3/c1-2-8-19(17-9-4-3-5-10-17)23-22(26)18-13-15-24(16-14-18)20-11-6-7-12-21(20)25(27)28/h3-7,9-12,18-19H,2,8,13-16H2,1H3,(H,23,26)/t19-/m0/s1. The lowest BCUT2D eigenvalue weighted by Crippen LogP contribution is -2.41. The van der Waals surface area contributed by atoms with Crippen LogP contribution in [0.15, 0.2) is 54.6 Å². The van der Waals surface area contributed by atoms with Crippen LogP contribution in [-0.2, 0) is 4.79 Å². The minimum atomic E-state index is -0.344. The third-order valence-corrected chi connectivity index (χ3v) is 5.38. The Morgan fingerprint density at radius 3 is 2.43 bits per heavy atom. The van der Waals surface area contributed by atoms with Crippen molar-refractivity contribution >= 4 is 17.3 Å². The molecular weight excluding hydrogens is 354 g/mol. The van der Waals surface area contributed by atoms with Gasteiger partial charge in [-0.25, -0.2) is 0 Å². The van der Waals surface area contributed by atoms with Crippen molar-refractivity contribution in [2.45, 2.75) is 38.6 Å². The SMILES string of the molecule is CCC[C@H](NC(=O)C1CCN(c2ccccc2[N+](=O)[O-])CC1)c1ccccc1. The zero-order valence-corrected chi connectivity index (χ0v) is 16.2. The fraction of sp³-hybridized carbons (Fsp3) is 0.409. The smallest absolute Gasteiger partial charge is 0.292 e. The van der Waals surface area contributed by atoms with Gasteiger partial charge in [0.25, 0.3) is 5.69 Å². The molecule has 0 unspecified atom stereocenters. The predicted molar refractivity (Wildman–Crippen MR) is 110 cm³/mol. The normalized spacial score (nSPS) is 15.8. The highest BCUT2D eigenvalue weighted by atomic mass is 16.6. The molecule has 0 aliphatic carbocycles. The fourth-order valence-electron chi connectivity index (χ4n) is 3.85. The molecule has 1 saturated heterocycles. The number of nitrogens with zero attached hydrogens (tertiary/aromatic N) is 2. The minimum absolute atomic E-state index is 0.0342. The van der Waals surface area contributed by atoms with Crippen molar-refractivity contribution in [2.24, 2.45) is 5.92 Å². The number of carbonyl (C=O) groups is 1. The Hall–Kier alpha value is -2.89. The summed E-state index contributed by atoms with van der Waals surface area (Å²) in [6, 6.07) is 16.9. The third-order valence-electron chi connectivity index (χ3n) is 5.38. The van der Waals surface area contributed by atoms with Crippen molar-refractivity contribution in [2.75, 3.05) is 18.0 Å². The number of hydrogen-bond donors (Lipinski definition) is 1. The van der Waals surface area contributed by atoms with Gasteiger partial charge in [0.2, 0.25) is 5.91 Å². The van der Waals surface area contributed by atoms with Crippen LogP contribution >= 0.6 is 0 Å². The molecule has 0 bridgehead atoms. The lowest BCUT2D eigenvalue weighted by Gasteiger charge is -2.33. The summed E-state index contributed by atoms with van der Waals surface area (Å²) in [5, 5.41) is 14.5. The number of carbonyl (C=O) groups excluding carboxylic acids is 1. The van der Waals surface area contributed by atoms with E-state index in [0.717, 1.165) is 18.4 Å². The van der Waals surface area contributed by atoms with Crippen molar-refractivity contribution in [1.29, 1.82) is 0 Å². The molecule has 6 heteroatoms. The highest BCUT2D eigenvalue weighted by Gasteiger charge is 2.29. The molecule has 3 rings (SSSR count). The van der Waals surface area contributed by atoms with Crippen LogP contribution < -0.4 is 10.2 Å². The van der Waals surface area contributed by atoms with Gasteiger partial charge in [0.1, 0.15) is 5.69 Å². The van der Waals surface area contributed by atoms with Crippen molar-refractivity contribution in [3.8, 4) is 0 Å². The molecule has 148 valence electrons. The van der Waals surface area contributed by atoms with Gasteiger partial charge < -0.3 is 10.2 Å². The van der Waals surface area contributed by atoms with Crippen LogP contribution in [0.5, 0.6) is 0 Å². The molecule has 1 aliphatic heterocycles. The van der Waals surface area contributed by atoms with E-state index in [1.165, 1.54) is 6.07 Å². The zero-order valence-electron chi connectivity index (χ0n) is 16.2. The zero-order chi connectivity index (χ0) is 19.9. The van der Waals surface area contributed by atoms with E-state index in [9.17, 15) is 14.9 Å². The first-order valence-electron chi connectivity index (χ1n) is 9.93. The Kier molecular flexibility index (Phi) is 6.63. The number of para-hydroxylation sites is 2. The third kappa shape index (κ3) is 4.68. The summed E-state index contributed by atoms with van der Waals surface area (Å²) < 4.78 is 0. The molecule has 1 atom stereocenters. The van der Waals surface area contributed by atoms with E-state index in [-0.39, 0.29) is 28.5 Å². The van der Waals surface area contributed by atoms with Gasteiger partial charge in [-0.1, -0.05) is 55.8 Å². The summed E-state index contributed by atoms with van der Waals surface area (Å²) in [6.45, 7) is 3.41. The van der Waals surface area contributed by atoms with Gasteiger partial charge in [-0.05, 0) is 30.9 Å². The summed E-state index contributed by atoms with van der Waals surface area (Å²) in [6.07, 6.45) is 3.30. The molecule has 0 spiro atoms. The first-order valence-corrected chi connectivity index (χ1v) is 9.93. The van der Waals surface area contributed by atoms with E-state index in [4.69, 9.17) is 0 Å². The number of anilines is 1. The molecule has 1 amide bonds. The predicted octanol–water partition coefficient (Wildman–Crippen LogP) is 4.47. The molecular formula is C22H27N3O3. The quantitative estimate of drug-likeness (QED) is 0.567. The van der Waals surface area contributed by atoms with E-state index >= 15 is 0 Å². The van der Waals surface area contributed by atoms with Gasteiger partial charge in [-0.15, -0.1) is 0 Å². The van der Waals surface area contributed by atoms with Gasteiger partial charge in [0.05, 0.1) is 11.0 Å². The average Bonchev–Trinajstić information content (AvgIpc) is 2.74. The van der Waals surface area contributed by atoms with E-state index in [1.807, 2.05) is 29.2 Å². The van der Waals surface area contributed by atoms with Crippen molar-refractivity contribution in [3.05, 3.63) is 70.3 Å². The number of nitro groups is 1. The molecule has 1 N–H and O–H groups in total. The Balaban J connectivity index is 1.61. The lowest BCUT2D eigenvalue weighted by atomic mass is 9.94. The summed E-state index contributed by atoms with van der Waals surface area (Å²) in [5.74, 6) is 0.0339. The second-order valence-electron chi connectivity index (χ2n) is 7.27. The van der Waals surface area contributed by atoms with E-state index in [1.54, 1.807) is 12.1 Å². The highest BCUT2D eigenvalue weighted by Crippen LogP contribution is 2.31. The topological polar surface area (TPSA) is 75.5 Å². The van der Waals surface area contributed by atoms with Crippen LogP contribution in [0.1, 0.15) is 44.2 Å². The van der Waals surface area contributed by atoms with Crippen molar-refractivity contribution in [3.63, 3.8) is 0 Å². The Morgan fingerprint density at radius 1 is 1.14 bits per heavy atom. The summed E-state index contributed by atoms with van der Waals surface area (Å²) in [4.78, 5) is 25.8. The second-order valence-corrected chi connectivity index (χ2v) is 7.27. The van der Waals surface area contributed by atoms with Crippen LogP contribution in [0.3, 0.4) is 0 Å². The number of piperidine rings is 1. The van der Waals surface area contributed by atoms with Gasteiger partial charge in [0.15, 0.2) is 0 Å². The molecule has 6 nitrogen and oxygen atoms in total. The van der Waals surface area contributed by atoms with Crippen molar-refractivity contribution in [1.82, 2.24) is 5.32 Å². The highest BCUT2D eigenvalue weighted by molar-refractivity contribution is 5.79. The largest absolute Gasteiger partial charge is 0.366 e. The van der Waals surface area contributed by atoms with Gasteiger partial charge in [-0.2, -0.15) is 0 Å². The van der Waals surface area contributed by atoms with E-state index in [2.05, 4.69) is 24.4 Å². The maximum atomic E-state index is 12.8. The van der Waals surface area contributed by atoms with Crippen LogP contribution in [0, 0.1) is 16.0 Å². The molecule has 1 fully saturated rings. The van der Waals surface area contributed by atoms with E-state index < -0.39 is 0 Å². The van der Waals surface area contributed by atoms with Crippen LogP contribution in [0.25, 0.3) is 0 Å². The Bertz CT molecular complexity index is 802. The second kappa shape index (κ2) is 9.35. The summed E-state index contributed by atoms with van der Waals surface area (Å²) in [7, 11) is 0. The number of hydrogen-bond acceptors (Lipinski definition) is 4. The molecule has 2 aromatic rings. The molecule has 1 aliphatic rings. The molecule has 0 aromatic heterocycles. The Labute approximate surface area is 165 Å². The van der Waals surface area contributed by atoms with E-state index in [0.29, 0.717) is 31.6 Å². The maximum Gasteiger partial charge on any atom is 0.292 e. The maximum absolute atomic E-state index is 12.8. The fourth-order valence-corrected chi connectivity index (χ4v) is 3.85. The lowest BCUT2D eigenvalue weighted by molar-refractivity contribution is -0.384. The van der Waals surface area contributed by atoms with Crippen LogP contribution in [-0.4, -0.2) is 23.9 Å². The Morgan fingerprint density at radius 2 is 1.79 bits per heavy atom. The molecule has 2 aromatic carbocycles. The average molecular weight is 381 g/mol. The first kappa shape index (κ1) is 19.9. The molecule has 1 heterocycles. The molecule has 0 saturated carbocycles. The molecule has 0 radical (unpaired) electrons. The number of amides is 1. The van der Waals surface area contributed by atoms with Gasteiger partial charge >= 0.3 is 0 Å². The van der Waals surface area contributed by atoms with Crippen molar-refractivity contribution < 1.29 is 9.72 Å². The summed E-state index contributed by atoms with van der Waals surface area (Å²) >= 11 is 0. The van der Waals surface area contributed by atoms with Gasteiger partial charge in [0, 0.05) is 25.1 Å². The van der Waals surface area contributed by atoms with Crippen LogP contribution in [0.4, 0.5) is 11.4 Å².